The SMILES string of the molecule is Cc1cc(C)cc(N2C(=O)C(Cl)=C(Nc3cccc(C(=O)Nc4ccccc4)c3)C2=O)c1. The molecule has 3 amide bonds. The van der Waals surface area contributed by atoms with Gasteiger partial charge < -0.3 is 10.6 Å². The average Bonchev–Trinajstić information content (AvgIpc) is 2.97. The number of amides is 3. The Morgan fingerprint density at radius 1 is 0.812 bits per heavy atom. The highest BCUT2D eigenvalue weighted by molar-refractivity contribution is 6.53. The van der Waals surface area contributed by atoms with Crippen molar-refractivity contribution < 1.29 is 14.4 Å². The van der Waals surface area contributed by atoms with Crippen molar-refractivity contribution in [3.8, 4) is 0 Å². The summed E-state index contributed by atoms with van der Waals surface area (Å²) >= 11 is 6.23. The lowest BCUT2D eigenvalue weighted by Gasteiger charge is -2.16. The molecule has 3 aromatic carbocycles. The van der Waals surface area contributed by atoms with E-state index in [0.29, 0.717) is 22.6 Å². The Morgan fingerprint density at radius 2 is 1.47 bits per heavy atom. The van der Waals surface area contributed by atoms with Crippen molar-refractivity contribution in [2.24, 2.45) is 0 Å². The van der Waals surface area contributed by atoms with Gasteiger partial charge in [-0.2, -0.15) is 0 Å². The van der Waals surface area contributed by atoms with E-state index in [2.05, 4.69) is 10.6 Å². The van der Waals surface area contributed by atoms with Gasteiger partial charge in [-0.25, -0.2) is 4.90 Å². The fourth-order valence-corrected chi connectivity index (χ4v) is 3.75. The lowest BCUT2D eigenvalue weighted by Crippen LogP contribution is -2.32. The molecule has 0 unspecified atom stereocenters. The minimum absolute atomic E-state index is 0.0311. The molecule has 1 aliphatic heterocycles. The summed E-state index contributed by atoms with van der Waals surface area (Å²) in [4.78, 5) is 39.4. The first-order chi connectivity index (χ1) is 15.3. The number of para-hydroxylation sites is 1. The van der Waals surface area contributed by atoms with Crippen LogP contribution in [0, 0.1) is 13.8 Å². The predicted molar refractivity (Wildman–Crippen MR) is 126 cm³/mol. The van der Waals surface area contributed by atoms with Gasteiger partial charge in [0.2, 0.25) is 0 Å². The third-order valence-corrected chi connectivity index (χ3v) is 5.27. The molecule has 1 heterocycles. The van der Waals surface area contributed by atoms with Gasteiger partial charge in [0.25, 0.3) is 17.7 Å². The standard InChI is InChI=1S/C25H20ClN3O3/c1-15-11-16(2)13-20(12-15)29-24(31)21(26)22(25(29)32)27-19-10-6-7-17(14-19)23(30)28-18-8-4-3-5-9-18/h3-14,27H,1-2H3,(H,28,30). The third kappa shape index (κ3) is 4.26. The van der Waals surface area contributed by atoms with Crippen LogP contribution in [0.1, 0.15) is 21.5 Å². The van der Waals surface area contributed by atoms with E-state index in [1.54, 1.807) is 48.5 Å². The van der Waals surface area contributed by atoms with Crippen LogP contribution in [0.5, 0.6) is 0 Å². The highest BCUT2D eigenvalue weighted by Gasteiger charge is 2.39. The fraction of sp³-hybridized carbons (Fsp3) is 0.0800. The molecule has 160 valence electrons. The van der Waals surface area contributed by atoms with Crippen molar-refractivity contribution >= 4 is 46.4 Å². The number of hydrogen-bond acceptors (Lipinski definition) is 4. The van der Waals surface area contributed by atoms with Gasteiger partial charge >= 0.3 is 0 Å². The molecule has 0 aromatic heterocycles. The quantitative estimate of drug-likeness (QED) is 0.542. The maximum absolute atomic E-state index is 13.0. The second-order valence-corrected chi connectivity index (χ2v) is 7.88. The van der Waals surface area contributed by atoms with Gasteiger partial charge in [0, 0.05) is 16.9 Å². The van der Waals surface area contributed by atoms with Gasteiger partial charge in [-0.3, -0.25) is 14.4 Å². The van der Waals surface area contributed by atoms with Gasteiger partial charge in [0.1, 0.15) is 10.7 Å². The minimum Gasteiger partial charge on any atom is -0.350 e. The van der Waals surface area contributed by atoms with Crippen LogP contribution in [0.2, 0.25) is 0 Å². The number of carbonyl (C=O) groups is 3. The monoisotopic (exact) mass is 445 g/mol. The molecule has 0 radical (unpaired) electrons. The Hall–Kier alpha value is -3.90. The van der Waals surface area contributed by atoms with Gasteiger partial charge in [-0.15, -0.1) is 0 Å². The second kappa shape index (κ2) is 8.69. The van der Waals surface area contributed by atoms with E-state index in [9.17, 15) is 14.4 Å². The summed E-state index contributed by atoms with van der Waals surface area (Å²) in [5, 5.41) is 5.52. The molecule has 2 N–H and O–H groups in total. The number of hydrogen-bond donors (Lipinski definition) is 2. The van der Waals surface area contributed by atoms with Gasteiger partial charge in [0.05, 0.1) is 5.69 Å². The molecule has 3 aromatic rings. The zero-order chi connectivity index (χ0) is 22.8. The molecule has 1 aliphatic rings. The molecular formula is C25H20ClN3O3. The lowest BCUT2D eigenvalue weighted by atomic mass is 10.1. The van der Waals surface area contributed by atoms with E-state index in [1.807, 2.05) is 38.1 Å². The van der Waals surface area contributed by atoms with Crippen LogP contribution in [0.3, 0.4) is 0 Å². The summed E-state index contributed by atoms with van der Waals surface area (Å²) < 4.78 is 0. The highest BCUT2D eigenvalue weighted by atomic mass is 35.5. The van der Waals surface area contributed by atoms with Crippen LogP contribution in [0.4, 0.5) is 17.1 Å². The van der Waals surface area contributed by atoms with E-state index < -0.39 is 11.8 Å². The molecule has 0 atom stereocenters. The molecule has 7 heteroatoms. The lowest BCUT2D eigenvalue weighted by molar-refractivity contribution is -0.120. The summed E-state index contributed by atoms with van der Waals surface area (Å²) in [6.45, 7) is 3.78. The van der Waals surface area contributed by atoms with E-state index in [1.165, 1.54) is 0 Å². The number of imide groups is 1. The Bertz CT molecular complexity index is 1250. The minimum atomic E-state index is -0.595. The normalized spacial score (nSPS) is 13.5. The largest absolute Gasteiger partial charge is 0.350 e. The van der Waals surface area contributed by atoms with Crippen molar-refractivity contribution in [1.29, 1.82) is 0 Å². The number of halogens is 1. The maximum Gasteiger partial charge on any atom is 0.283 e. The van der Waals surface area contributed by atoms with Crippen molar-refractivity contribution in [3.05, 3.63) is 100 Å². The molecule has 0 aliphatic carbocycles. The van der Waals surface area contributed by atoms with Crippen molar-refractivity contribution in [1.82, 2.24) is 0 Å². The molecular weight excluding hydrogens is 426 g/mol. The Balaban J connectivity index is 1.56. The summed E-state index contributed by atoms with van der Waals surface area (Å²) in [5.74, 6) is -1.45. The zero-order valence-electron chi connectivity index (χ0n) is 17.5. The zero-order valence-corrected chi connectivity index (χ0v) is 18.2. The van der Waals surface area contributed by atoms with Crippen LogP contribution in [-0.4, -0.2) is 17.7 Å². The Labute approximate surface area is 190 Å². The Kier molecular flexibility index (Phi) is 5.79. The predicted octanol–water partition coefficient (Wildman–Crippen LogP) is 4.99. The molecule has 32 heavy (non-hydrogen) atoms. The van der Waals surface area contributed by atoms with Crippen LogP contribution >= 0.6 is 11.6 Å². The average molecular weight is 446 g/mol. The molecule has 6 nitrogen and oxygen atoms in total. The first-order valence-corrected chi connectivity index (χ1v) is 10.3. The van der Waals surface area contributed by atoms with Crippen molar-refractivity contribution in [2.45, 2.75) is 13.8 Å². The van der Waals surface area contributed by atoms with Crippen LogP contribution in [-0.2, 0) is 9.59 Å². The highest BCUT2D eigenvalue weighted by Crippen LogP contribution is 2.31. The maximum atomic E-state index is 13.0. The fourth-order valence-electron chi connectivity index (χ4n) is 3.53. The second-order valence-electron chi connectivity index (χ2n) is 7.51. The topological polar surface area (TPSA) is 78.5 Å². The van der Waals surface area contributed by atoms with Crippen LogP contribution < -0.4 is 15.5 Å². The first-order valence-electron chi connectivity index (χ1n) is 9.94. The molecule has 0 bridgehead atoms. The summed E-state index contributed by atoms with van der Waals surface area (Å²) in [5.41, 5.74) is 3.80. The summed E-state index contributed by atoms with van der Waals surface area (Å²) in [6, 6.07) is 21.2. The van der Waals surface area contributed by atoms with Crippen molar-refractivity contribution in [2.75, 3.05) is 15.5 Å². The van der Waals surface area contributed by atoms with E-state index in [0.717, 1.165) is 16.0 Å². The van der Waals surface area contributed by atoms with Crippen LogP contribution in [0.15, 0.2) is 83.5 Å². The number of rotatable bonds is 5. The van der Waals surface area contributed by atoms with Gasteiger partial charge in [-0.05, 0) is 67.4 Å². The summed E-state index contributed by atoms with van der Waals surface area (Å²) in [6.07, 6.45) is 0. The number of anilines is 3. The van der Waals surface area contributed by atoms with E-state index in [4.69, 9.17) is 11.6 Å². The first kappa shape index (κ1) is 21.3. The number of aryl methyl sites for hydroxylation is 2. The third-order valence-electron chi connectivity index (χ3n) is 4.92. The number of nitrogens with one attached hydrogen (secondary N) is 2. The van der Waals surface area contributed by atoms with E-state index >= 15 is 0 Å². The Morgan fingerprint density at radius 3 is 2.16 bits per heavy atom. The summed E-state index contributed by atoms with van der Waals surface area (Å²) in [7, 11) is 0. The number of carbonyl (C=O) groups excluding carboxylic acids is 3. The van der Waals surface area contributed by atoms with Gasteiger partial charge in [-0.1, -0.05) is 41.9 Å². The van der Waals surface area contributed by atoms with Gasteiger partial charge in [0.15, 0.2) is 0 Å². The molecule has 0 saturated heterocycles. The smallest absolute Gasteiger partial charge is 0.283 e. The molecule has 4 rings (SSSR count). The van der Waals surface area contributed by atoms with Crippen molar-refractivity contribution in [3.63, 3.8) is 0 Å². The number of nitrogens with zero attached hydrogens (tertiary/aromatic N) is 1. The molecule has 0 fully saturated rings. The van der Waals surface area contributed by atoms with Crippen LogP contribution in [0.25, 0.3) is 0 Å². The van der Waals surface area contributed by atoms with E-state index in [-0.39, 0.29) is 16.6 Å². The molecule has 0 spiro atoms. The number of benzene rings is 3. The molecule has 0 saturated carbocycles.